The lowest BCUT2D eigenvalue weighted by Gasteiger charge is -2.05. The predicted octanol–water partition coefficient (Wildman–Crippen LogP) is 4.48. The van der Waals surface area contributed by atoms with Gasteiger partial charge in [-0.2, -0.15) is 0 Å². The Morgan fingerprint density at radius 1 is 1.20 bits per heavy atom. The van der Waals surface area contributed by atoms with Crippen molar-refractivity contribution in [3.63, 3.8) is 0 Å². The van der Waals surface area contributed by atoms with E-state index in [2.05, 4.69) is 5.16 Å². The molecule has 3 rings (SSSR count). The third-order valence-corrected chi connectivity index (χ3v) is 3.26. The summed E-state index contributed by atoms with van der Waals surface area (Å²) in [6.45, 7) is 2.26. The molecule has 0 spiro atoms. The number of benzene rings is 1. The number of nitrogens with zero attached hydrogens (tertiary/aromatic N) is 1. The Labute approximate surface area is 120 Å². The molecule has 0 aliphatic rings. The lowest BCUT2D eigenvalue weighted by molar-refractivity contribution is 0.289. The molecule has 4 nitrogen and oxygen atoms in total. The smallest absolute Gasteiger partial charge is 0.202 e. The Bertz CT molecular complexity index is 704. The van der Waals surface area contributed by atoms with Gasteiger partial charge in [0.25, 0.3) is 0 Å². The van der Waals surface area contributed by atoms with Gasteiger partial charge in [-0.1, -0.05) is 16.8 Å². The fraction of sp³-hybridized carbons (Fsp3) is 0.133. The van der Waals surface area contributed by atoms with Crippen LogP contribution in [0.1, 0.15) is 11.3 Å². The Morgan fingerprint density at radius 2 is 2.10 bits per heavy atom. The number of rotatable bonds is 4. The number of hydrogen-bond acceptors (Lipinski definition) is 4. The Kier molecular flexibility index (Phi) is 3.48. The van der Waals surface area contributed by atoms with Gasteiger partial charge < -0.3 is 13.7 Å². The lowest BCUT2D eigenvalue weighted by atomic mass is 10.2. The van der Waals surface area contributed by atoms with Crippen molar-refractivity contribution in [2.75, 3.05) is 0 Å². The number of furan rings is 1. The summed E-state index contributed by atoms with van der Waals surface area (Å²) in [5, 5.41) is 4.66. The van der Waals surface area contributed by atoms with Crippen molar-refractivity contribution in [2.45, 2.75) is 13.5 Å². The average Bonchev–Trinajstić information content (AvgIpc) is 3.09. The largest absolute Gasteiger partial charge is 0.487 e. The number of ether oxygens (including phenoxy) is 1. The number of hydrogen-bond donors (Lipinski definition) is 0. The van der Waals surface area contributed by atoms with Crippen LogP contribution >= 0.6 is 11.6 Å². The molecule has 0 aliphatic heterocycles. The highest BCUT2D eigenvalue weighted by Gasteiger charge is 2.09. The summed E-state index contributed by atoms with van der Waals surface area (Å²) in [5.41, 5.74) is 1.67. The van der Waals surface area contributed by atoms with Gasteiger partial charge in [-0.25, -0.2) is 0 Å². The predicted molar refractivity (Wildman–Crippen MR) is 74.7 cm³/mol. The van der Waals surface area contributed by atoms with Gasteiger partial charge >= 0.3 is 0 Å². The third kappa shape index (κ3) is 2.70. The Morgan fingerprint density at radius 3 is 2.85 bits per heavy atom. The second kappa shape index (κ2) is 5.43. The van der Waals surface area contributed by atoms with E-state index in [4.69, 9.17) is 25.3 Å². The summed E-state index contributed by atoms with van der Waals surface area (Å²) in [5.74, 6) is 1.97. The van der Waals surface area contributed by atoms with Gasteiger partial charge in [-0.05, 0) is 42.8 Å². The minimum absolute atomic E-state index is 0.325. The van der Waals surface area contributed by atoms with Crippen molar-refractivity contribution in [3.05, 3.63) is 58.9 Å². The van der Waals surface area contributed by atoms with Crippen molar-refractivity contribution < 1.29 is 13.7 Å². The number of halogens is 1. The Hall–Kier alpha value is -2.20. The first-order chi connectivity index (χ1) is 9.72. The SMILES string of the molecule is Cc1cc(OCc2cc(-c3ccco3)on2)ccc1Cl. The van der Waals surface area contributed by atoms with Crippen LogP contribution in [0.2, 0.25) is 5.02 Å². The monoisotopic (exact) mass is 289 g/mol. The first kappa shape index (κ1) is 12.8. The van der Waals surface area contributed by atoms with Gasteiger partial charge in [0.05, 0.1) is 6.26 Å². The molecule has 5 heteroatoms. The molecule has 0 amide bonds. The maximum Gasteiger partial charge on any atom is 0.202 e. The van der Waals surface area contributed by atoms with E-state index in [0.717, 1.165) is 16.3 Å². The molecule has 2 heterocycles. The summed E-state index contributed by atoms with van der Waals surface area (Å²) in [6.07, 6.45) is 1.59. The fourth-order valence-corrected chi connectivity index (χ4v) is 1.90. The van der Waals surface area contributed by atoms with Gasteiger partial charge in [0.1, 0.15) is 18.1 Å². The van der Waals surface area contributed by atoms with Crippen molar-refractivity contribution in [3.8, 4) is 17.3 Å². The van der Waals surface area contributed by atoms with Crippen LogP contribution in [0.25, 0.3) is 11.5 Å². The first-order valence-electron chi connectivity index (χ1n) is 6.11. The van der Waals surface area contributed by atoms with Crippen LogP contribution in [-0.2, 0) is 6.61 Å². The van der Waals surface area contributed by atoms with E-state index in [9.17, 15) is 0 Å². The van der Waals surface area contributed by atoms with Gasteiger partial charge in [-0.3, -0.25) is 0 Å². The first-order valence-corrected chi connectivity index (χ1v) is 6.48. The third-order valence-electron chi connectivity index (χ3n) is 2.84. The standard InChI is InChI=1S/C15H12ClNO3/c1-10-7-12(4-5-13(10)16)19-9-11-8-15(20-17-11)14-3-2-6-18-14/h2-8H,9H2,1H3. The summed E-state index contributed by atoms with van der Waals surface area (Å²) < 4.78 is 16.1. The van der Waals surface area contributed by atoms with E-state index in [1.165, 1.54) is 0 Å². The molecule has 3 aromatic rings. The number of aromatic nitrogens is 1. The lowest BCUT2D eigenvalue weighted by Crippen LogP contribution is -1.95. The summed E-state index contributed by atoms with van der Waals surface area (Å²) in [4.78, 5) is 0. The van der Waals surface area contributed by atoms with Crippen LogP contribution in [0, 0.1) is 6.92 Å². The highest BCUT2D eigenvalue weighted by molar-refractivity contribution is 6.31. The van der Waals surface area contributed by atoms with E-state index in [1.54, 1.807) is 18.4 Å². The second-order valence-corrected chi connectivity index (χ2v) is 4.77. The van der Waals surface area contributed by atoms with Gasteiger partial charge in [0.2, 0.25) is 5.76 Å². The van der Waals surface area contributed by atoms with Crippen molar-refractivity contribution in [1.82, 2.24) is 5.16 Å². The quantitative estimate of drug-likeness (QED) is 0.711. The average molecular weight is 290 g/mol. The van der Waals surface area contributed by atoms with E-state index in [-0.39, 0.29) is 0 Å². The summed E-state index contributed by atoms with van der Waals surface area (Å²) in [7, 11) is 0. The molecule has 0 saturated heterocycles. The molecule has 1 aromatic carbocycles. The zero-order valence-electron chi connectivity index (χ0n) is 10.8. The van der Waals surface area contributed by atoms with E-state index < -0.39 is 0 Å². The van der Waals surface area contributed by atoms with Gasteiger partial charge in [0.15, 0.2) is 5.76 Å². The zero-order valence-corrected chi connectivity index (χ0v) is 11.6. The molecule has 0 unspecified atom stereocenters. The van der Waals surface area contributed by atoms with E-state index >= 15 is 0 Å². The highest BCUT2D eigenvalue weighted by atomic mass is 35.5. The molecule has 0 bridgehead atoms. The van der Waals surface area contributed by atoms with Crippen molar-refractivity contribution in [2.24, 2.45) is 0 Å². The van der Waals surface area contributed by atoms with Crippen LogP contribution < -0.4 is 4.74 Å². The maximum atomic E-state index is 5.96. The molecule has 0 radical (unpaired) electrons. The molecule has 0 aliphatic carbocycles. The van der Waals surface area contributed by atoms with E-state index in [1.807, 2.05) is 31.2 Å². The maximum absolute atomic E-state index is 5.96. The molecule has 0 atom stereocenters. The van der Waals surface area contributed by atoms with Crippen LogP contribution in [0.3, 0.4) is 0 Å². The van der Waals surface area contributed by atoms with Crippen LogP contribution in [0.15, 0.2) is 51.6 Å². The molecule has 0 saturated carbocycles. The van der Waals surface area contributed by atoms with Crippen LogP contribution in [0.5, 0.6) is 5.75 Å². The van der Waals surface area contributed by atoms with E-state index in [0.29, 0.717) is 23.8 Å². The molecule has 0 N–H and O–H groups in total. The second-order valence-electron chi connectivity index (χ2n) is 4.36. The molecule has 2 aromatic heterocycles. The van der Waals surface area contributed by atoms with Gasteiger partial charge in [-0.15, -0.1) is 0 Å². The van der Waals surface area contributed by atoms with Crippen molar-refractivity contribution in [1.29, 1.82) is 0 Å². The highest BCUT2D eigenvalue weighted by Crippen LogP contribution is 2.23. The van der Waals surface area contributed by atoms with Crippen LogP contribution in [-0.4, -0.2) is 5.16 Å². The molecule has 20 heavy (non-hydrogen) atoms. The minimum atomic E-state index is 0.325. The normalized spacial score (nSPS) is 10.7. The summed E-state index contributed by atoms with van der Waals surface area (Å²) in [6, 6.07) is 10.9. The molecular weight excluding hydrogens is 278 g/mol. The molecule has 0 fully saturated rings. The molecular formula is C15H12ClNO3. The summed E-state index contributed by atoms with van der Waals surface area (Å²) >= 11 is 5.96. The Balaban J connectivity index is 1.68. The number of aryl methyl sites for hydroxylation is 1. The van der Waals surface area contributed by atoms with Crippen molar-refractivity contribution >= 4 is 11.6 Å². The van der Waals surface area contributed by atoms with Crippen LogP contribution in [0.4, 0.5) is 0 Å². The topological polar surface area (TPSA) is 48.4 Å². The fourth-order valence-electron chi connectivity index (χ4n) is 1.78. The minimum Gasteiger partial charge on any atom is -0.487 e. The zero-order chi connectivity index (χ0) is 13.9. The van der Waals surface area contributed by atoms with Gasteiger partial charge in [0, 0.05) is 11.1 Å². The molecule has 102 valence electrons.